The number of hydrogen-bond donors (Lipinski definition) is 2. The van der Waals surface area contributed by atoms with Crippen LogP contribution in [0.15, 0.2) is 0 Å². The number of rotatable bonds is 5. The van der Waals surface area contributed by atoms with Gasteiger partial charge in [-0.2, -0.15) is 0 Å². The summed E-state index contributed by atoms with van der Waals surface area (Å²) in [4.78, 5) is 0. The van der Waals surface area contributed by atoms with Crippen molar-refractivity contribution in [2.24, 2.45) is 5.73 Å². The van der Waals surface area contributed by atoms with E-state index in [1.54, 1.807) is 0 Å². The van der Waals surface area contributed by atoms with Crippen molar-refractivity contribution < 1.29 is 14.6 Å². The Labute approximate surface area is 52.0 Å². The van der Waals surface area contributed by atoms with Gasteiger partial charge in [0.2, 0.25) is 0 Å². The van der Waals surface area contributed by atoms with Gasteiger partial charge in [0.05, 0.1) is 0 Å². The Bertz CT molecular complexity index is 39.5. The minimum absolute atomic E-state index is 0.627. The van der Waals surface area contributed by atoms with E-state index < -0.39 is 0 Å². The monoisotopic (exact) mass is 139 g/mol. The molecule has 0 aromatic rings. The normalized spacial score (nSPS) is 9.75. The Balaban J connectivity index is 2.53. The second kappa shape index (κ2) is 7.19. The summed E-state index contributed by atoms with van der Waals surface area (Å²) in [5, 5.41) is 10.9. The van der Waals surface area contributed by atoms with Crippen LogP contribution in [0.1, 0.15) is 6.42 Å². The van der Waals surface area contributed by atoms with Crippen molar-refractivity contribution >= 4 is 12.0 Å². The average molecular weight is 139 g/mol. The van der Waals surface area contributed by atoms with Gasteiger partial charge in [-0.3, -0.25) is 0 Å². The molecular weight excluding hydrogens is 130 g/mol. The average Bonchev–Trinajstić information content (AvgIpc) is 1.81. The third-order valence-corrected chi connectivity index (χ3v) is 1.12. The van der Waals surface area contributed by atoms with E-state index in [1.807, 2.05) is 0 Å². The van der Waals surface area contributed by atoms with Crippen LogP contribution < -0.4 is 5.73 Å². The molecule has 0 saturated heterocycles. The van der Waals surface area contributed by atoms with E-state index in [-0.39, 0.29) is 0 Å². The molecule has 0 atom stereocenters. The molecule has 0 aliphatic rings. The quantitative estimate of drug-likeness (QED) is 0.250. The van der Waals surface area contributed by atoms with Crippen molar-refractivity contribution in [1.29, 1.82) is 0 Å². The van der Waals surface area contributed by atoms with E-state index >= 15 is 0 Å². The van der Waals surface area contributed by atoms with E-state index in [0.717, 1.165) is 24.2 Å². The largest absolute Gasteiger partial charge is 0.330 e. The van der Waals surface area contributed by atoms with Crippen LogP contribution in [0.5, 0.6) is 0 Å². The predicted molar refractivity (Wildman–Crippen MR) is 30.9 cm³/mol. The standard InChI is InChI=1S/C3H9NO3S/c4-2-1-3-8-7-6-5/h5H,1-4H2. The molecule has 5 heteroatoms. The van der Waals surface area contributed by atoms with Gasteiger partial charge in [-0.25, -0.2) is 5.26 Å². The first kappa shape index (κ1) is 8.19. The van der Waals surface area contributed by atoms with Crippen LogP contribution in [0.4, 0.5) is 0 Å². The van der Waals surface area contributed by atoms with Crippen molar-refractivity contribution in [2.75, 3.05) is 12.3 Å². The van der Waals surface area contributed by atoms with E-state index in [2.05, 4.69) is 9.37 Å². The fraction of sp³-hybridized carbons (Fsp3) is 1.00. The molecule has 8 heavy (non-hydrogen) atoms. The molecule has 0 fully saturated rings. The number of hydrogen-bond acceptors (Lipinski definition) is 5. The third kappa shape index (κ3) is 6.19. The topological polar surface area (TPSA) is 64.7 Å². The number of nitrogens with two attached hydrogens (primary N) is 1. The van der Waals surface area contributed by atoms with Crippen LogP contribution in [0.25, 0.3) is 0 Å². The Hall–Kier alpha value is 0.190. The summed E-state index contributed by atoms with van der Waals surface area (Å²) in [7, 11) is 0. The highest BCUT2D eigenvalue weighted by Gasteiger charge is 1.85. The van der Waals surface area contributed by atoms with Gasteiger partial charge in [-0.15, -0.1) is 4.33 Å². The van der Waals surface area contributed by atoms with Gasteiger partial charge >= 0.3 is 0 Å². The molecule has 0 radical (unpaired) electrons. The summed E-state index contributed by atoms with van der Waals surface area (Å²) in [5.41, 5.74) is 5.14. The van der Waals surface area contributed by atoms with Crippen molar-refractivity contribution in [2.45, 2.75) is 6.42 Å². The Morgan fingerprint density at radius 1 is 1.62 bits per heavy atom. The zero-order chi connectivity index (χ0) is 6.24. The lowest BCUT2D eigenvalue weighted by Gasteiger charge is -1.92. The van der Waals surface area contributed by atoms with Crippen molar-refractivity contribution in [3.8, 4) is 0 Å². The van der Waals surface area contributed by atoms with Gasteiger partial charge in [0.15, 0.2) is 0 Å². The molecule has 50 valence electrons. The van der Waals surface area contributed by atoms with Gasteiger partial charge in [0.25, 0.3) is 0 Å². The Morgan fingerprint density at radius 3 is 2.88 bits per heavy atom. The Kier molecular flexibility index (Phi) is 7.36. The molecule has 0 saturated carbocycles. The van der Waals surface area contributed by atoms with E-state index in [4.69, 9.17) is 11.0 Å². The van der Waals surface area contributed by atoms with Gasteiger partial charge in [0, 0.05) is 17.8 Å². The molecule has 0 amide bonds. The van der Waals surface area contributed by atoms with Crippen LogP contribution in [-0.2, 0) is 9.37 Å². The third-order valence-electron chi connectivity index (χ3n) is 0.510. The molecule has 4 nitrogen and oxygen atoms in total. The molecule has 0 spiro atoms. The molecule has 0 aromatic carbocycles. The highest BCUT2D eigenvalue weighted by atomic mass is 32.2. The lowest BCUT2D eigenvalue weighted by Crippen LogP contribution is -1.99. The molecular formula is C3H9NO3S. The SMILES string of the molecule is NCCCSOOO. The molecule has 0 bridgehead atoms. The Morgan fingerprint density at radius 2 is 2.38 bits per heavy atom. The van der Waals surface area contributed by atoms with Crippen LogP contribution >= 0.6 is 12.0 Å². The van der Waals surface area contributed by atoms with Gasteiger partial charge in [-0.05, 0) is 13.0 Å². The molecule has 0 aliphatic carbocycles. The van der Waals surface area contributed by atoms with Gasteiger partial charge in [-0.1, -0.05) is 5.04 Å². The summed E-state index contributed by atoms with van der Waals surface area (Å²) < 4.78 is 4.05. The summed E-state index contributed by atoms with van der Waals surface area (Å²) in [5.74, 6) is 0.733. The van der Waals surface area contributed by atoms with Gasteiger partial charge in [0.1, 0.15) is 0 Å². The molecule has 0 aromatic heterocycles. The second-order valence-corrected chi connectivity index (χ2v) is 1.89. The molecule has 3 N–H and O–H groups in total. The first-order valence-corrected chi connectivity index (χ1v) is 3.12. The smallest absolute Gasteiger partial charge is 0.0346 e. The fourth-order valence-electron chi connectivity index (χ4n) is 0.198. The minimum Gasteiger partial charge on any atom is -0.330 e. The van der Waals surface area contributed by atoms with Gasteiger partial charge < -0.3 is 5.73 Å². The highest BCUT2D eigenvalue weighted by molar-refractivity contribution is 7.94. The van der Waals surface area contributed by atoms with Crippen molar-refractivity contribution in [1.82, 2.24) is 0 Å². The van der Waals surface area contributed by atoms with Crippen molar-refractivity contribution in [3.63, 3.8) is 0 Å². The zero-order valence-electron chi connectivity index (χ0n) is 4.37. The lowest BCUT2D eigenvalue weighted by molar-refractivity contribution is -0.432. The van der Waals surface area contributed by atoms with Crippen LogP contribution in [0.2, 0.25) is 0 Å². The summed E-state index contributed by atoms with van der Waals surface area (Å²) in [6.45, 7) is 0.627. The zero-order valence-corrected chi connectivity index (χ0v) is 5.19. The maximum atomic E-state index is 7.59. The predicted octanol–water partition coefficient (Wildman–Crippen LogP) is 0.405. The first-order valence-electron chi connectivity index (χ1n) is 2.21. The van der Waals surface area contributed by atoms with E-state index in [1.165, 1.54) is 0 Å². The fourth-order valence-corrected chi connectivity index (χ4v) is 0.593. The maximum Gasteiger partial charge on any atom is 0.0346 e. The second-order valence-electron chi connectivity index (χ2n) is 1.11. The summed E-state index contributed by atoms with van der Waals surface area (Å²) >= 11 is 1.03. The van der Waals surface area contributed by atoms with E-state index in [0.29, 0.717) is 6.54 Å². The highest BCUT2D eigenvalue weighted by Crippen LogP contribution is 2.01. The molecule has 0 aliphatic heterocycles. The van der Waals surface area contributed by atoms with E-state index in [9.17, 15) is 0 Å². The maximum absolute atomic E-state index is 7.59. The van der Waals surface area contributed by atoms with Crippen LogP contribution in [0.3, 0.4) is 0 Å². The van der Waals surface area contributed by atoms with Crippen LogP contribution in [-0.4, -0.2) is 17.6 Å². The molecule has 0 unspecified atom stereocenters. The van der Waals surface area contributed by atoms with Crippen molar-refractivity contribution in [3.05, 3.63) is 0 Å². The molecule has 0 heterocycles. The van der Waals surface area contributed by atoms with Crippen LogP contribution in [0, 0.1) is 0 Å². The minimum atomic E-state index is 0.627. The molecule has 0 rings (SSSR count). The first-order chi connectivity index (χ1) is 3.91. The lowest BCUT2D eigenvalue weighted by atomic mass is 10.5. The summed E-state index contributed by atoms with van der Waals surface area (Å²) in [6.07, 6.45) is 0.855. The summed E-state index contributed by atoms with van der Waals surface area (Å²) in [6, 6.07) is 0.